The van der Waals surface area contributed by atoms with Gasteiger partial charge >= 0.3 is 18.1 Å². The molecule has 2 rings (SSSR count). The molecule has 0 bridgehead atoms. The molecule has 272 valence electrons. The number of halogens is 3. The average molecular weight is 703 g/mol. The SMILES string of the molecule is CC(C)C1C(=O)NC(CCCN=C(N)N)C(=O)NCC(=O)NC(CC(=O)O)C(=O)NC(Cc2ccccc2)C(=O)N1C.O=C(O)C(F)(F)F. The summed E-state index contributed by atoms with van der Waals surface area (Å²) in [6, 6.07) is 3.92. The maximum atomic E-state index is 13.8. The topological polar surface area (TPSA) is 276 Å². The first-order chi connectivity index (χ1) is 22.7. The van der Waals surface area contributed by atoms with Crippen molar-refractivity contribution in [1.29, 1.82) is 0 Å². The Bertz CT molecular complexity index is 1370. The maximum absolute atomic E-state index is 13.8. The third-order valence-corrected chi connectivity index (χ3v) is 6.84. The number of nitrogens with zero attached hydrogens (tertiary/aromatic N) is 2. The van der Waals surface area contributed by atoms with Gasteiger partial charge in [0.25, 0.3) is 0 Å². The molecule has 10 N–H and O–H groups in total. The number of likely N-dealkylation sites (N-methyl/N-ethyl adjacent to an activating group) is 1. The summed E-state index contributed by atoms with van der Waals surface area (Å²) >= 11 is 0. The zero-order valence-electron chi connectivity index (χ0n) is 27.0. The minimum Gasteiger partial charge on any atom is -0.481 e. The van der Waals surface area contributed by atoms with Gasteiger partial charge in [0.2, 0.25) is 29.5 Å². The fourth-order valence-corrected chi connectivity index (χ4v) is 4.58. The second-order valence-electron chi connectivity index (χ2n) is 11.1. The molecule has 1 fully saturated rings. The van der Waals surface area contributed by atoms with E-state index in [2.05, 4.69) is 26.3 Å². The molecule has 20 heteroatoms. The molecule has 17 nitrogen and oxygen atoms in total. The minimum absolute atomic E-state index is 0.0311. The Morgan fingerprint density at radius 3 is 2.02 bits per heavy atom. The predicted octanol–water partition coefficient (Wildman–Crippen LogP) is -1.54. The largest absolute Gasteiger partial charge is 0.490 e. The van der Waals surface area contributed by atoms with Crippen molar-refractivity contribution in [3.8, 4) is 0 Å². The average Bonchev–Trinajstić information content (AvgIpc) is 2.99. The highest BCUT2D eigenvalue weighted by atomic mass is 19.4. The number of benzene rings is 1. The van der Waals surface area contributed by atoms with E-state index in [1.807, 2.05) is 0 Å². The van der Waals surface area contributed by atoms with E-state index in [1.165, 1.54) is 11.9 Å². The number of hydrogen-bond donors (Lipinski definition) is 8. The van der Waals surface area contributed by atoms with Gasteiger partial charge < -0.3 is 47.8 Å². The van der Waals surface area contributed by atoms with Crippen molar-refractivity contribution in [2.75, 3.05) is 20.1 Å². The fraction of sp³-hybridized carbons (Fsp3) is 0.517. The van der Waals surface area contributed by atoms with Crippen molar-refractivity contribution < 1.29 is 56.9 Å². The molecule has 0 aromatic heterocycles. The molecule has 0 aliphatic carbocycles. The van der Waals surface area contributed by atoms with Crippen molar-refractivity contribution in [3.05, 3.63) is 35.9 Å². The third kappa shape index (κ3) is 14.9. The standard InChI is InChI=1S/C27H40N8O7.C2HF3O2/c1-15(2)22-25(41)33-17(10-7-11-30-27(28)29)23(39)31-14-20(36)32-18(13-21(37)38)24(40)34-19(26(42)35(22)3)12-16-8-5-4-6-9-16;3-2(4,5)1(6)7/h4-6,8-9,15,17-19,22H,7,10-14H2,1-3H3,(H,31,39)(H,32,36)(H,33,41)(H,34,40)(H,37,38)(H4,28,29,30);(H,6,7). The van der Waals surface area contributed by atoms with Crippen LogP contribution in [0.4, 0.5) is 13.2 Å². The van der Waals surface area contributed by atoms with Crippen molar-refractivity contribution >= 4 is 47.4 Å². The predicted molar refractivity (Wildman–Crippen MR) is 166 cm³/mol. The number of carbonyl (C=O) groups excluding carboxylic acids is 5. The molecular weight excluding hydrogens is 661 g/mol. The Labute approximate surface area is 279 Å². The molecule has 4 atom stereocenters. The quantitative estimate of drug-likeness (QED) is 0.0829. The Balaban J connectivity index is 0.00000154. The van der Waals surface area contributed by atoms with Crippen molar-refractivity contribution in [2.24, 2.45) is 22.4 Å². The zero-order valence-corrected chi connectivity index (χ0v) is 27.0. The molecule has 1 aromatic carbocycles. The molecule has 1 aliphatic heterocycles. The van der Waals surface area contributed by atoms with E-state index >= 15 is 0 Å². The van der Waals surface area contributed by atoms with Crippen LogP contribution in [0.5, 0.6) is 0 Å². The number of guanidine groups is 1. The first kappa shape index (κ1) is 41.6. The number of aliphatic imine (C=N–C) groups is 1. The maximum Gasteiger partial charge on any atom is 0.490 e. The van der Waals surface area contributed by atoms with Crippen LogP contribution in [0.25, 0.3) is 0 Å². The number of carboxylic acid groups (broad SMARTS) is 2. The molecule has 4 unspecified atom stereocenters. The molecule has 49 heavy (non-hydrogen) atoms. The van der Waals surface area contributed by atoms with Gasteiger partial charge in [0.1, 0.15) is 24.2 Å². The second-order valence-corrected chi connectivity index (χ2v) is 11.1. The zero-order chi connectivity index (χ0) is 37.5. The van der Waals surface area contributed by atoms with Crippen LogP contribution in [0.1, 0.15) is 38.7 Å². The molecule has 1 aromatic rings. The molecular formula is C29H41F3N8O9. The number of carbonyl (C=O) groups is 7. The number of aliphatic carboxylic acids is 2. The number of nitrogens with one attached hydrogen (secondary N) is 4. The Kier molecular flexibility index (Phi) is 16.5. The first-order valence-electron chi connectivity index (χ1n) is 14.8. The highest BCUT2D eigenvalue weighted by Crippen LogP contribution is 2.15. The summed E-state index contributed by atoms with van der Waals surface area (Å²) in [6.45, 7) is 3.04. The highest BCUT2D eigenvalue weighted by molar-refractivity contribution is 5.98. The van der Waals surface area contributed by atoms with E-state index in [9.17, 15) is 47.0 Å². The summed E-state index contributed by atoms with van der Waals surface area (Å²) in [5, 5.41) is 26.4. The summed E-state index contributed by atoms with van der Waals surface area (Å²) in [4.78, 5) is 91.7. The van der Waals surface area contributed by atoms with Crippen LogP contribution in [0, 0.1) is 5.92 Å². The first-order valence-corrected chi connectivity index (χ1v) is 14.8. The summed E-state index contributed by atoms with van der Waals surface area (Å²) in [5.41, 5.74) is 11.4. The van der Waals surface area contributed by atoms with E-state index in [4.69, 9.17) is 21.4 Å². The summed E-state index contributed by atoms with van der Waals surface area (Å²) in [6.07, 6.45) is -5.41. The van der Waals surface area contributed by atoms with Gasteiger partial charge in [-0.15, -0.1) is 0 Å². The monoisotopic (exact) mass is 702 g/mol. The lowest BCUT2D eigenvalue weighted by Crippen LogP contribution is -2.59. The van der Waals surface area contributed by atoms with Gasteiger partial charge in [-0.1, -0.05) is 44.2 Å². The number of alkyl halides is 3. The van der Waals surface area contributed by atoms with Gasteiger partial charge in [-0.2, -0.15) is 13.2 Å². The molecule has 0 saturated carbocycles. The van der Waals surface area contributed by atoms with E-state index in [0.29, 0.717) is 12.0 Å². The lowest BCUT2D eigenvalue weighted by atomic mass is 9.98. The molecule has 5 amide bonds. The van der Waals surface area contributed by atoms with Crippen molar-refractivity contribution in [2.45, 2.75) is 69.9 Å². The van der Waals surface area contributed by atoms with Gasteiger partial charge in [-0.05, 0) is 24.3 Å². The molecule has 0 spiro atoms. The van der Waals surface area contributed by atoms with Crippen LogP contribution >= 0.6 is 0 Å². The summed E-state index contributed by atoms with van der Waals surface area (Å²) < 4.78 is 31.7. The van der Waals surface area contributed by atoms with Crippen molar-refractivity contribution in [1.82, 2.24) is 26.2 Å². The van der Waals surface area contributed by atoms with Crippen LogP contribution in [-0.4, -0.2) is 113 Å². The Hall–Kier alpha value is -5.43. The third-order valence-electron chi connectivity index (χ3n) is 6.84. The van der Waals surface area contributed by atoms with Crippen LogP contribution < -0.4 is 32.7 Å². The van der Waals surface area contributed by atoms with E-state index in [1.54, 1.807) is 44.2 Å². The van der Waals surface area contributed by atoms with E-state index < -0.39 is 90.7 Å². The van der Waals surface area contributed by atoms with Gasteiger partial charge in [-0.3, -0.25) is 33.8 Å². The van der Waals surface area contributed by atoms with Crippen LogP contribution in [0.2, 0.25) is 0 Å². The molecule has 1 heterocycles. The van der Waals surface area contributed by atoms with E-state index in [-0.39, 0.29) is 25.3 Å². The van der Waals surface area contributed by atoms with Crippen molar-refractivity contribution in [3.63, 3.8) is 0 Å². The summed E-state index contributed by atoms with van der Waals surface area (Å²) in [5.74, 6) is -8.34. The lowest BCUT2D eigenvalue weighted by Gasteiger charge is -2.34. The van der Waals surface area contributed by atoms with Gasteiger partial charge in [0, 0.05) is 20.0 Å². The normalized spacial score (nSPS) is 21.0. The lowest BCUT2D eigenvalue weighted by molar-refractivity contribution is -0.192. The second kappa shape index (κ2) is 19.4. The number of nitrogens with two attached hydrogens (primary N) is 2. The molecule has 1 aliphatic rings. The Morgan fingerprint density at radius 1 is 0.939 bits per heavy atom. The smallest absolute Gasteiger partial charge is 0.481 e. The van der Waals surface area contributed by atoms with Crippen LogP contribution in [0.3, 0.4) is 0 Å². The van der Waals surface area contributed by atoms with Gasteiger partial charge in [0.15, 0.2) is 5.96 Å². The van der Waals surface area contributed by atoms with E-state index in [0.717, 1.165) is 0 Å². The van der Waals surface area contributed by atoms with Gasteiger partial charge in [0.05, 0.1) is 13.0 Å². The molecule has 1 saturated heterocycles. The minimum atomic E-state index is -5.08. The molecule has 0 radical (unpaired) electrons. The fourth-order valence-electron chi connectivity index (χ4n) is 4.58. The van der Waals surface area contributed by atoms with Gasteiger partial charge in [-0.25, -0.2) is 4.79 Å². The Morgan fingerprint density at radius 2 is 1.51 bits per heavy atom. The highest BCUT2D eigenvalue weighted by Gasteiger charge is 2.39. The number of carboxylic acids is 2. The summed E-state index contributed by atoms with van der Waals surface area (Å²) in [7, 11) is 1.42. The van der Waals surface area contributed by atoms with Crippen LogP contribution in [-0.2, 0) is 40.0 Å². The van der Waals surface area contributed by atoms with Crippen LogP contribution in [0.15, 0.2) is 35.3 Å². The number of amides is 5. The number of hydrogen-bond acceptors (Lipinski definition) is 8. The number of rotatable bonds is 9.